The molecule has 41 heavy (non-hydrogen) atoms. The third kappa shape index (κ3) is 8.88. The number of halogens is 1. The van der Waals surface area contributed by atoms with Crippen LogP contribution < -0.4 is 15.4 Å². The van der Waals surface area contributed by atoms with Crippen molar-refractivity contribution in [2.45, 2.75) is 82.9 Å². The molecule has 0 spiro atoms. The van der Waals surface area contributed by atoms with E-state index in [1.807, 2.05) is 19.1 Å². The number of hydrogen-bond acceptors (Lipinski definition) is 5. The van der Waals surface area contributed by atoms with Gasteiger partial charge >= 0.3 is 0 Å². The van der Waals surface area contributed by atoms with Crippen LogP contribution in [0.2, 0.25) is 0 Å². The SMILES string of the molecule is CCCN1CC=CCOc2cc(F)cc(c2)CC(C(O)CNC2(c3cccc(CC)c3)CC2)NC(=O)CCCC1=O. The maximum Gasteiger partial charge on any atom is 0.222 e. The molecule has 1 aliphatic heterocycles. The molecule has 2 bridgehead atoms. The van der Waals surface area contributed by atoms with Crippen molar-refractivity contribution < 1.29 is 23.8 Å². The van der Waals surface area contributed by atoms with E-state index in [1.54, 1.807) is 11.0 Å². The molecule has 1 aliphatic carbocycles. The highest BCUT2D eigenvalue weighted by molar-refractivity contribution is 5.79. The van der Waals surface area contributed by atoms with Crippen molar-refractivity contribution >= 4 is 11.8 Å². The van der Waals surface area contributed by atoms with Crippen LogP contribution in [0.1, 0.15) is 69.1 Å². The Morgan fingerprint density at radius 1 is 1.15 bits per heavy atom. The number of benzene rings is 2. The van der Waals surface area contributed by atoms with Crippen LogP contribution in [0.15, 0.2) is 54.6 Å². The van der Waals surface area contributed by atoms with Crippen LogP contribution in [-0.4, -0.2) is 60.2 Å². The van der Waals surface area contributed by atoms with Gasteiger partial charge in [-0.1, -0.05) is 44.2 Å². The molecule has 222 valence electrons. The van der Waals surface area contributed by atoms with E-state index in [0.29, 0.717) is 30.8 Å². The van der Waals surface area contributed by atoms with Crippen molar-refractivity contribution in [1.82, 2.24) is 15.5 Å². The minimum atomic E-state index is -0.912. The largest absolute Gasteiger partial charge is 0.489 e. The number of ether oxygens (including phenoxy) is 1. The molecular weight excluding hydrogens is 521 g/mol. The molecule has 8 heteroatoms. The van der Waals surface area contributed by atoms with Gasteiger partial charge in [0.1, 0.15) is 18.2 Å². The Hall–Kier alpha value is -3.23. The number of rotatable bonds is 8. The monoisotopic (exact) mass is 565 g/mol. The molecule has 4 rings (SSSR count). The van der Waals surface area contributed by atoms with Crippen LogP contribution in [0.3, 0.4) is 0 Å². The molecule has 2 amide bonds. The fourth-order valence-corrected chi connectivity index (χ4v) is 5.42. The van der Waals surface area contributed by atoms with E-state index in [1.165, 1.54) is 23.3 Å². The maximum atomic E-state index is 14.5. The van der Waals surface area contributed by atoms with E-state index in [2.05, 4.69) is 41.8 Å². The molecule has 0 radical (unpaired) electrons. The second-order valence-electron chi connectivity index (χ2n) is 11.2. The number of carbonyl (C=O) groups excluding carboxylic acids is 2. The van der Waals surface area contributed by atoms with Crippen molar-refractivity contribution in [3.63, 3.8) is 0 Å². The first-order valence-electron chi connectivity index (χ1n) is 15.0. The lowest BCUT2D eigenvalue weighted by molar-refractivity contribution is -0.131. The number of aliphatic hydroxyl groups excluding tert-OH is 1. The molecule has 1 heterocycles. The first kappa shape index (κ1) is 30.7. The van der Waals surface area contributed by atoms with Crippen molar-refractivity contribution in [1.29, 1.82) is 0 Å². The number of nitrogens with one attached hydrogen (secondary N) is 2. The summed E-state index contributed by atoms with van der Waals surface area (Å²) in [7, 11) is 0. The topological polar surface area (TPSA) is 90.9 Å². The highest BCUT2D eigenvalue weighted by atomic mass is 19.1. The Kier molecular flexibility index (Phi) is 10.9. The third-order valence-corrected chi connectivity index (χ3v) is 7.96. The maximum absolute atomic E-state index is 14.5. The van der Waals surface area contributed by atoms with Crippen molar-refractivity contribution in [2.75, 3.05) is 26.2 Å². The zero-order chi connectivity index (χ0) is 29.2. The molecule has 2 unspecified atom stereocenters. The summed E-state index contributed by atoms with van der Waals surface area (Å²) in [5.74, 6) is -0.297. The Morgan fingerprint density at radius 3 is 2.73 bits per heavy atom. The lowest BCUT2D eigenvalue weighted by atomic mass is 9.98. The molecule has 2 atom stereocenters. The number of nitrogens with zero attached hydrogens (tertiary/aromatic N) is 1. The lowest BCUT2D eigenvalue weighted by Gasteiger charge is -2.27. The number of amides is 2. The number of carbonyl (C=O) groups is 2. The molecule has 2 aliphatic rings. The standard InChI is InChI=1S/C33H44FN3O4/c1-3-15-37-16-5-6-17-41-28-20-25(19-27(34)22-28)21-29(36-31(39)11-8-12-32(37)40)30(38)23-35-33(13-14-33)26-10-7-9-24(4-2)18-26/h5-7,9-10,18-20,22,29-30,35,38H,3-4,8,11-17,21,23H2,1-2H3,(H,36,39). The van der Waals surface area contributed by atoms with Gasteiger partial charge < -0.3 is 25.4 Å². The van der Waals surface area contributed by atoms with Crippen LogP contribution in [0.4, 0.5) is 4.39 Å². The van der Waals surface area contributed by atoms with Crippen molar-refractivity contribution in [3.8, 4) is 5.75 Å². The first-order valence-corrected chi connectivity index (χ1v) is 15.0. The van der Waals surface area contributed by atoms with Gasteiger partial charge in [0, 0.05) is 44.1 Å². The Balaban J connectivity index is 1.49. The Morgan fingerprint density at radius 2 is 1.98 bits per heavy atom. The summed E-state index contributed by atoms with van der Waals surface area (Å²) in [6, 6.07) is 12.4. The second kappa shape index (κ2) is 14.6. The highest BCUT2D eigenvalue weighted by Crippen LogP contribution is 2.45. The van der Waals surface area contributed by atoms with Gasteiger partial charge in [0.05, 0.1) is 12.1 Å². The predicted molar refractivity (Wildman–Crippen MR) is 158 cm³/mol. The molecular formula is C33H44FN3O4. The van der Waals surface area contributed by atoms with Crippen LogP contribution in [-0.2, 0) is 28.0 Å². The summed E-state index contributed by atoms with van der Waals surface area (Å²) in [5.41, 5.74) is 2.93. The van der Waals surface area contributed by atoms with Crippen LogP contribution in [0.5, 0.6) is 5.75 Å². The fourth-order valence-electron chi connectivity index (χ4n) is 5.42. The number of fused-ring (bicyclic) bond motifs is 2. The molecule has 3 N–H and O–H groups in total. The van der Waals surface area contributed by atoms with Gasteiger partial charge in [-0.25, -0.2) is 4.39 Å². The van der Waals surface area contributed by atoms with Gasteiger partial charge in [-0.15, -0.1) is 0 Å². The summed E-state index contributed by atoms with van der Waals surface area (Å²) in [6.07, 6.45) is 7.64. The number of aliphatic hydroxyl groups is 1. The van der Waals surface area contributed by atoms with Crippen molar-refractivity contribution in [2.24, 2.45) is 0 Å². The summed E-state index contributed by atoms with van der Waals surface area (Å²) in [5, 5.41) is 17.9. The van der Waals surface area contributed by atoms with Crippen LogP contribution in [0, 0.1) is 5.82 Å². The van der Waals surface area contributed by atoms with Crippen molar-refractivity contribution in [3.05, 3.63) is 77.1 Å². The first-order chi connectivity index (χ1) is 19.8. The quantitative estimate of drug-likeness (QED) is 0.413. The van der Waals surface area contributed by atoms with E-state index in [4.69, 9.17) is 4.74 Å². The van der Waals surface area contributed by atoms with Crippen LogP contribution >= 0.6 is 0 Å². The van der Waals surface area contributed by atoms with Gasteiger partial charge in [0.2, 0.25) is 11.8 Å². The van der Waals surface area contributed by atoms with E-state index in [9.17, 15) is 19.1 Å². The highest BCUT2D eigenvalue weighted by Gasteiger charge is 2.44. The predicted octanol–water partition coefficient (Wildman–Crippen LogP) is 4.41. The third-order valence-electron chi connectivity index (χ3n) is 7.96. The molecule has 0 aromatic heterocycles. The normalized spacial score (nSPS) is 20.6. The van der Waals surface area contributed by atoms with E-state index in [0.717, 1.165) is 25.7 Å². The van der Waals surface area contributed by atoms with E-state index < -0.39 is 18.0 Å². The summed E-state index contributed by atoms with van der Waals surface area (Å²) in [4.78, 5) is 27.5. The Labute approximate surface area is 243 Å². The van der Waals surface area contributed by atoms with Gasteiger partial charge in [-0.05, 0) is 73.4 Å². The second-order valence-corrected chi connectivity index (χ2v) is 11.2. The van der Waals surface area contributed by atoms with Gasteiger partial charge in [-0.3, -0.25) is 9.59 Å². The van der Waals surface area contributed by atoms with Crippen LogP contribution in [0.25, 0.3) is 0 Å². The summed E-state index contributed by atoms with van der Waals surface area (Å²) < 4.78 is 20.3. The zero-order valence-corrected chi connectivity index (χ0v) is 24.3. The average Bonchev–Trinajstić information content (AvgIpc) is 3.75. The zero-order valence-electron chi connectivity index (χ0n) is 24.3. The molecule has 1 fully saturated rings. The van der Waals surface area contributed by atoms with E-state index >= 15 is 0 Å². The smallest absolute Gasteiger partial charge is 0.222 e. The number of aryl methyl sites for hydroxylation is 1. The summed E-state index contributed by atoms with van der Waals surface area (Å²) >= 11 is 0. The fraction of sp³-hybridized carbons (Fsp3) is 0.515. The molecule has 0 saturated heterocycles. The molecule has 7 nitrogen and oxygen atoms in total. The molecule has 1 saturated carbocycles. The Bertz CT molecular complexity index is 1210. The number of hydrogen-bond donors (Lipinski definition) is 3. The van der Waals surface area contributed by atoms with Gasteiger partial charge in [0.25, 0.3) is 0 Å². The molecule has 2 aromatic carbocycles. The molecule has 2 aromatic rings. The summed E-state index contributed by atoms with van der Waals surface area (Å²) in [6.45, 7) is 5.76. The average molecular weight is 566 g/mol. The van der Waals surface area contributed by atoms with E-state index in [-0.39, 0.29) is 49.8 Å². The minimum Gasteiger partial charge on any atom is -0.489 e. The van der Waals surface area contributed by atoms with Gasteiger partial charge in [-0.2, -0.15) is 0 Å². The van der Waals surface area contributed by atoms with Gasteiger partial charge in [0.15, 0.2) is 0 Å². The minimum absolute atomic E-state index is 0.00548. The lowest BCUT2D eigenvalue weighted by Crippen LogP contribution is -2.50.